The van der Waals surface area contributed by atoms with Gasteiger partial charge in [-0.2, -0.15) is 0 Å². The zero-order valence-corrected chi connectivity index (χ0v) is 11.9. The largest absolute Gasteiger partial charge is 0.468 e. The van der Waals surface area contributed by atoms with E-state index in [1.807, 2.05) is 0 Å². The fourth-order valence-corrected chi connectivity index (χ4v) is 3.90. The van der Waals surface area contributed by atoms with Crippen molar-refractivity contribution in [3.63, 3.8) is 0 Å². The van der Waals surface area contributed by atoms with E-state index in [-0.39, 0.29) is 10.5 Å². The van der Waals surface area contributed by atoms with Crippen LogP contribution in [0.15, 0.2) is 41.3 Å². The van der Waals surface area contributed by atoms with Crippen LogP contribution in [-0.4, -0.2) is 38.3 Å². The third-order valence-corrected chi connectivity index (χ3v) is 5.17. The van der Waals surface area contributed by atoms with E-state index < -0.39 is 28.4 Å². The molecule has 1 amide bonds. The minimum Gasteiger partial charge on any atom is -0.468 e. The molecule has 1 heterocycles. The van der Waals surface area contributed by atoms with Gasteiger partial charge in [-0.15, -0.1) is 0 Å². The molecule has 0 N–H and O–H groups in total. The van der Waals surface area contributed by atoms with Crippen LogP contribution in [0.25, 0.3) is 10.8 Å². The molecular weight excluding hydrogens is 294 g/mol. The quantitative estimate of drug-likeness (QED) is 0.778. The molecule has 0 saturated heterocycles. The number of rotatable bonds is 2. The fourth-order valence-electron chi connectivity index (χ4n) is 2.38. The van der Waals surface area contributed by atoms with Gasteiger partial charge < -0.3 is 4.74 Å². The Morgan fingerprint density at radius 3 is 2.62 bits per heavy atom. The number of nitrogens with zero attached hydrogens (tertiary/aromatic N) is 1. The number of hydrogen-bond acceptors (Lipinski definition) is 5. The first-order valence-electron chi connectivity index (χ1n) is 6.12. The molecule has 7 heteroatoms. The molecular formula is C14H11NO5S. The number of methoxy groups -OCH3 is 1. The van der Waals surface area contributed by atoms with Crippen LogP contribution < -0.4 is 0 Å². The number of amides is 1. The molecule has 21 heavy (non-hydrogen) atoms. The van der Waals surface area contributed by atoms with E-state index in [1.54, 1.807) is 30.3 Å². The van der Waals surface area contributed by atoms with E-state index in [1.165, 1.54) is 6.07 Å². The zero-order valence-electron chi connectivity index (χ0n) is 11.1. The molecule has 0 aromatic heterocycles. The second-order valence-electron chi connectivity index (χ2n) is 4.55. The molecule has 2 aromatic carbocycles. The van der Waals surface area contributed by atoms with Crippen LogP contribution in [0.3, 0.4) is 0 Å². The Balaban J connectivity index is 2.24. The van der Waals surface area contributed by atoms with Gasteiger partial charge in [0.2, 0.25) is 0 Å². The van der Waals surface area contributed by atoms with Gasteiger partial charge in [0.05, 0.1) is 12.7 Å². The summed E-state index contributed by atoms with van der Waals surface area (Å²) in [7, 11) is -2.87. The number of hydrogen-bond donors (Lipinski definition) is 0. The summed E-state index contributed by atoms with van der Waals surface area (Å²) in [4.78, 5) is 23.7. The van der Waals surface area contributed by atoms with Gasteiger partial charge in [-0.1, -0.05) is 30.3 Å². The maximum absolute atomic E-state index is 12.4. The summed E-state index contributed by atoms with van der Waals surface area (Å²) in [6.45, 7) is -0.624. The maximum atomic E-state index is 12.4. The van der Waals surface area contributed by atoms with Crippen molar-refractivity contribution in [2.45, 2.75) is 4.90 Å². The minimum absolute atomic E-state index is 0.0740. The van der Waals surface area contributed by atoms with Crippen LogP contribution >= 0.6 is 0 Å². The summed E-state index contributed by atoms with van der Waals surface area (Å²) in [6, 6.07) is 10.0. The standard InChI is InChI=1S/C14H11NO5S/c1-20-12(16)8-15-14(17)13-10-5-3-2-4-9(10)6-7-11(13)21(15,18)19/h2-7H,8H2,1H3. The Bertz CT molecular complexity index is 872. The molecule has 0 aliphatic carbocycles. The number of benzene rings is 2. The average Bonchev–Trinajstić information content (AvgIpc) is 2.68. The molecule has 0 atom stereocenters. The van der Waals surface area contributed by atoms with Crippen LogP contribution in [0, 0.1) is 0 Å². The van der Waals surface area contributed by atoms with Crippen LogP contribution in [0.2, 0.25) is 0 Å². The smallest absolute Gasteiger partial charge is 0.326 e. The van der Waals surface area contributed by atoms with E-state index in [0.29, 0.717) is 9.69 Å². The van der Waals surface area contributed by atoms with E-state index in [0.717, 1.165) is 12.5 Å². The second kappa shape index (κ2) is 4.56. The van der Waals surface area contributed by atoms with Crippen molar-refractivity contribution >= 4 is 32.7 Å². The highest BCUT2D eigenvalue weighted by atomic mass is 32.2. The second-order valence-corrected chi connectivity index (χ2v) is 6.38. The third kappa shape index (κ3) is 1.89. The maximum Gasteiger partial charge on any atom is 0.326 e. The summed E-state index contributed by atoms with van der Waals surface area (Å²) < 4.78 is 29.8. The topological polar surface area (TPSA) is 80.8 Å². The van der Waals surface area contributed by atoms with Crippen molar-refractivity contribution in [2.75, 3.05) is 13.7 Å². The minimum atomic E-state index is -4.01. The van der Waals surface area contributed by atoms with Gasteiger partial charge in [0, 0.05) is 0 Å². The van der Waals surface area contributed by atoms with Gasteiger partial charge >= 0.3 is 5.97 Å². The Morgan fingerprint density at radius 1 is 1.19 bits per heavy atom. The Morgan fingerprint density at radius 2 is 1.90 bits per heavy atom. The molecule has 0 spiro atoms. The molecule has 0 fully saturated rings. The van der Waals surface area contributed by atoms with Gasteiger partial charge in [0.15, 0.2) is 0 Å². The predicted molar refractivity (Wildman–Crippen MR) is 74.2 cm³/mol. The predicted octanol–water partition coefficient (Wildman–Crippen LogP) is 1.16. The number of fused-ring (bicyclic) bond motifs is 3. The van der Waals surface area contributed by atoms with E-state index in [9.17, 15) is 18.0 Å². The normalized spacial score (nSPS) is 16.0. The van der Waals surface area contributed by atoms with Gasteiger partial charge in [-0.05, 0) is 16.8 Å². The monoisotopic (exact) mass is 305 g/mol. The third-order valence-electron chi connectivity index (χ3n) is 3.40. The lowest BCUT2D eigenvalue weighted by atomic mass is 10.0. The number of carbonyl (C=O) groups is 2. The number of ether oxygens (including phenoxy) is 1. The lowest BCUT2D eigenvalue weighted by molar-refractivity contribution is -0.140. The van der Waals surface area contributed by atoms with Gasteiger partial charge in [-0.25, -0.2) is 12.7 Å². The van der Waals surface area contributed by atoms with Crippen LogP contribution in [-0.2, 0) is 19.6 Å². The molecule has 0 unspecified atom stereocenters. The van der Waals surface area contributed by atoms with E-state index >= 15 is 0 Å². The molecule has 0 radical (unpaired) electrons. The summed E-state index contributed by atoms with van der Waals surface area (Å²) in [5, 5.41) is 1.32. The average molecular weight is 305 g/mol. The SMILES string of the molecule is COC(=O)CN1C(=O)c2c(ccc3ccccc23)S1(=O)=O. The van der Waals surface area contributed by atoms with E-state index in [4.69, 9.17) is 0 Å². The summed E-state index contributed by atoms with van der Waals surface area (Å²) in [5.41, 5.74) is 0.108. The van der Waals surface area contributed by atoms with Crippen molar-refractivity contribution in [3.05, 3.63) is 42.0 Å². The molecule has 0 saturated carbocycles. The molecule has 1 aliphatic heterocycles. The van der Waals surface area contributed by atoms with Crippen molar-refractivity contribution in [3.8, 4) is 0 Å². The Labute approximate surface area is 121 Å². The molecule has 3 rings (SSSR count). The number of esters is 1. The summed E-state index contributed by atoms with van der Waals surface area (Å²) in [5.74, 6) is -1.49. The molecule has 0 bridgehead atoms. The van der Waals surface area contributed by atoms with Crippen molar-refractivity contribution in [2.24, 2.45) is 0 Å². The van der Waals surface area contributed by atoms with Crippen molar-refractivity contribution in [1.29, 1.82) is 0 Å². The first kappa shape index (κ1) is 13.6. The van der Waals surface area contributed by atoms with Crippen LogP contribution in [0.4, 0.5) is 0 Å². The number of carbonyl (C=O) groups excluding carboxylic acids is 2. The first-order chi connectivity index (χ1) is 9.96. The first-order valence-corrected chi connectivity index (χ1v) is 7.56. The summed E-state index contributed by atoms with van der Waals surface area (Å²) >= 11 is 0. The van der Waals surface area contributed by atoms with E-state index in [2.05, 4.69) is 4.74 Å². The Hall–Kier alpha value is -2.41. The zero-order chi connectivity index (χ0) is 15.2. The number of sulfonamides is 1. The van der Waals surface area contributed by atoms with Gasteiger partial charge in [-0.3, -0.25) is 9.59 Å². The highest BCUT2D eigenvalue weighted by Gasteiger charge is 2.43. The highest BCUT2D eigenvalue weighted by Crippen LogP contribution is 2.35. The van der Waals surface area contributed by atoms with Gasteiger partial charge in [0.1, 0.15) is 11.4 Å². The fraction of sp³-hybridized carbons (Fsp3) is 0.143. The molecule has 6 nitrogen and oxygen atoms in total. The Kier molecular flexibility index (Phi) is 2.94. The van der Waals surface area contributed by atoms with Crippen molar-refractivity contribution in [1.82, 2.24) is 4.31 Å². The van der Waals surface area contributed by atoms with Gasteiger partial charge in [0.25, 0.3) is 15.9 Å². The van der Waals surface area contributed by atoms with Crippen LogP contribution in [0.5, 0.6) is 0 Å². The molecule has 2 aromatic rings. The van der Waals surface area contributed by atoms with Crippen LogP contribution in [0.1, 0.15) is 10.4 Å². The highest BCUT2D eigenvalue weighted by molar-refractivity contribution is 7.90. The lowest BCUT2D eigenvalue weighted by Crippen LogP contribution is -2.35. The lowest BCUT2D eigenvalue weighted by Gasteiger charge is -2.12. The molecule has 108 valence electrons. The summed E-state index contributed by atoms with van der Waals surface area (Å²) in [6.07, 6.45) is 0. The molecule has 1 aliphatic rings. The van der Waals surface area contributed by atoms with Crippen molar-refractivity contribution < 1.29 is 22.7 Å².